The van der Waals surface area contributed by atoms with Crippen LogP contribution in [-0.2, 0) is 17.6 Å². The van der Waals surface area contributed by atoms with E-state index in [4.69, 9.17) is 14.9 Å². The molecule has 1 aliphatic rings. The molecule has 0 bridgehead atoms. The maximum absolute atomic E-state index is 10.4. The van der Waals surface area contributed by atoms with E-state index >= 15 is 0 Å². The second kappa shape index (κ2) is 4.53. The molecule has 2 N–H and O–H groups in total. The van der Waals surface area contributed by atoms with E-state index in [1.807, 2.05) is 12.1 Å². The van der Waals surface area contributed by atoms with Gasteiger partial charge in [-0.05, 0) is 36.0 Å². The Bertz CT molecular complexity index is 400. The molecule has 1 unspecified atom stereocenters. The zero-order valence-electron chi connectivity index (χ0n) is 8.85. The van der Waals surface area contributed by atoms with E-state index in [9.17, 15) is 4.79 Å². The third-order valence-corrected chi connectivity index (χ3v) is 2.84. The summed E-state index contributed by atoms with van der Waals surface area (Å²) in [5, 5.41) is 17.7. The monoisotopic (exact) mass is 222 g/mol. The lowest BCUT2D eigenvalue weighted by Gasteiger charge is -2.08. The van der Waals surface area contributed by atoms with Gasteiger partial charge in [0.15, 0.2) is 6.61 Å². The molecule has 0 amide bonds. The highest BCUT2D eigenvalue weighted by Crippen LogP contribution is 2.33. The van der Waals surface area contributed by atoms with Gasteiger partial charge in [-0.3, -0.25) is 0 Å². The summed E-state index contributed by atoms with van der Waals surface area (Å²) in [7, 11) is 0. The Morgan fingerprint density at radius 2 is 2.25 bits per heavy atom. The van der Waals surface area contributed by atoms with Gasteiger partial charge in [0.05, 0.1) is 0 Å². The van der Waals surface area contributed by atoms with E-state index in [2.05, 4.69) is 0 Å². The summed E-state index contributed by atoms with van der Waals surface area (Å²) in [5.74, 6) is -0.102. The molecule has 4 nitrogen and oxygen atoms in total. The molecular formula is C12H14O4. The van der Waals surface area contributed by atoms with Crippen molar-refractivity contribution in [3.8, 4) is 5.75 Å². The lowest BCUT2D eigenvalue weighted by molar-refractivity contribution is -0.139. The predicted molar refractivity (Wildman–Crippen MR) is 57.6 cm³/mol. The number of carbonyl (C=O) groups is 1. The van der Waals surface area contributed by atoms with Gasteiger partial charge >= 0.3 is 5.97 Å². The molecule has 4 heteroatoms. The molecule has 0 aromatic heterocycles. The van der Waals surface area contributed by atoms with Crippen molar-refractivity contribution in [2.24, 2.45) is 5.92 Å². The largest absolute Gasteiger partial charge is 0.482 e. The molecule has 0 radical (unpaired) electrons. The summed E-state index contributed by atoms with van der Waals surface area (Å²) in [6.07, 6.45) is 1.61. The normalized spacial score (nSPS) is 18.2. The van der Waals surface area contributed by atoms with Gasteiger partial charge in [0.2, 0.25) is 0 Å². The number of hydrogen-bond donors (Lipinski definition) is 2. The molecule has 0 aliphatic heterocycles. The van der Waals surface area contributed by atoms with Gasteiger partial charge < -0.3 is 14.9 Å². The minimum atomic E-state index is -0.977. The van der Waals surface area contributed by atoms with Crippen molar-refractivity contribution in [3.05, 3.63) is 29.3 Å². The Hall–Kier alpha value is -1.55. The minimum absolute atomic E-state index is 0.160. The van der Waals surface area contributed by atoms with Gasteiger partial charge in [-0.2, -0.15) is 0 Å². The van der Waals surface area contributed by atoms with E-state index in [1.54, 1.807) is 6.07 Å². The number of rotatable bonds is 4. The summed E-state index contributed by atoms with van der Waals surface area (Å²) in [4.78, 5) is 10.4. The Morgan fingerprint density at radius 1 is 1.44 bits per heavy atom. The SMILES string of the molecule is O=C(O)COc1cccc2c1CC(CO)C2. The molecule has 86 valence electrons. The van der Waals surface area contributed by atoms with Gasteiger partial charge in [0.1, 0.15) is 5.75 Å². The van der Waals surface area contributed by atoms with Crippen LogP contribution in [0.3, 0.4) is 0 Å². The maximum atomic E-state index is 10.4. The van der Waals surface area contributed by atoms with Gasteiger partial charge in [-0.15, -0.1) is 0 Å². The lowest BCUT2D eigenvalue weighted by Crippen LogP contribution is -2.10. The maximum Gasteiger partial charge on any atom is 0.341 e. The number of hydrogen-bond acceptors (Lipinski definition) is 3. The van der Waals surface area contributed by atoms with E-state index in [0.29, 0.717) is 5.75 Å². The predicted octanol–water partition coefficient (Wildman–Crippen LogP) is 0.857. The number of carboxylic acids is 1. The number of fused-ring (bicyclic) bond motifs is 1. The summed E-state index contributed by atoms with van der Waals surface area (Å²) < 4.78 is 5.22. The molecule has 0 heterocycles. The fraction of sp³-hybridized carbons (Fsp3) is 0.417. The van der Waals surface area contributed by atoms with Crippen LogP contribution in [0.1, 0.15) is 11.1 Å². The quantitative estimate of drug-likeness (QED) is 0.792. The van der Waals surface area contributed by atoms with Crippen LogP contribution < -0.4 is 4.74 Å². The van der Waals surface area contributed by atoms with Crippen LogP contribution in [0.25, 0.3) is 0 Å². The summed E-state index contributed by atoms with van der Waals surface area (Å²) in [6.45, 7) is -0.159. The average molecular weight is 222 g/mol. The van der Waals surface area contributed by atoms with E-state index in [-0.39, 0.29) is 19.1 Å². The van der Waals surface area contributed by atoms with E-state index in [0.717, 1.165) is 24.0 Å². The molecule has 0 saturated heterocycles. The molecule has 1 aromatic carbocycles. The molecule has 1 aromatic rings. The van der Waals surface area contributed by atoms with E-state index < -0.39 is 5.97 Å². The van der Waals surface area contributed by atoms with Crippen molar-refractivity contribution < 1.29 is 19.7 Å². The Morgan fingerprint density at radius 3 is 2.94 bits per heavy atom. The zero-order valence-corrected chi connectivity index (χ0v) is 8.85. The van der Waals surface area contributed by atoms with Crippen LogP contribution in [0.5, 0.6) is 5.75 Å². The first-order chi connectivity index (χ1) is 7.70. The molecular weight excluding hydrogens is 208 g/mol. The van der Waals surface area contributed by atoms with Gasteiger partial charge in [0, 0.05) is 6.61 Å². The number of benzene rings is 1. The Balaban J connectivity index is 2.16. The van der Waals surface area contributed by atoms with Crippen LogP contribution in [-0.4, -0.2) is 29.4 Å². The van der Waals surface area contributed by atoms with E-state index in [1.165, 1.54) is 0 Å². The number of aliphatic hydroxyl groups is 1. The summed E-state index contributed by atoms with van der Waals surface area (Å²) in [6, 6.07) is 5.63. The van der Waals surface area contributed by atoms with Crippen LogP contribution in [0.2, 0.25) is 0 Å². The van der Waals surface area contributed by atoms with Gasteiger partial charge in [-0.1, -0.05) is 12.1 Å². The minimum Gasteiger partial charge on any atom is -0.482 e. The van der Waals surface area contributed by atoms with Crippen molar-refractivity contribution in [2.45, 2.75) is 12.8 Å². The lowest BCUT2D eigenvalue weighted by atomic mass is 10.1. The number of aliphatic hydroxyl groups excluding tert-OH is 1. The van der Waals surface area contributed by atoms with Gasteiger partial charge in [0.25, 0.3) is 0 Å². The zero-order chi connectivity index (χ0) is 11.5. The van der Waals surface area contributed by atoms with Gasteiger partial charge in [-0.25, -0.2) is 4.79 Å². The van der Waals surface area contributed by atoms with Crippen molar-refractivity contribution in [1.29, 1.82) is 0 Å². The molecule has 1 aliphatic carbocycles. The molecule has 2 rings (SSSR count). The average Bonchev–Trinajstić information content (AvgIpc) is 2.69. The first kappa shape index (κ1) is 11.0. The smallest absolute Gasteiger partial charge is 0.341 e. The van der Waals surface area contributed by atoms with Crippen molar-refractivity contribution >= 4 is 5.97 Å². The van der Waals surface area contributed by atoms with Crippen LogP contribution >= 0.6 is 0 Å². The summed E-state index contributed by atoms with van der Waals surface area (Å²) in [5.41, 5.74) is 2.20. The fourth-order valence-corrected chi connectivity index (χ4v) is 2.11. The highest BCUT2D eigenvalue weighted by Gasteiger charge is 2.23. The highest BCUT2D eigenvalue weighted by atomic mass is 16.5. The van der Waals surface area contributed by atoms with Crippen molar-refractivity contribution in [2.75, 3.05) is 13.2 Å². The second-order valence-corrected chi connectivity index (χ2v) is 4.03. The number of ether oxygens (including phenoxy) is 1. The molecule has 0 saturated carbocycles. The highest BCUT2D eigenvalue weighted by molar-refractivity contribution is 5.68. The molecule has 0 fully saturated rings. The fourth-order valence-electron chi connectivity index (χ4n) is 2.11. The topological polar surface area (TPSA) is 66.8 Å². The third-order valence-electron chi connectivity index (χ3n) is 2.84. The van der Waals surface area contributed by atoms with Crippen LogP contribution in [0, 0.1) is 5.92 Å². The molecule has 1 atom stereocenters. The second-order valence-electron chi connectivity index (χ2n) is 4.03. The van der Waals surface area contributed by atoms with Crippen LogP contribution in [0.15, 0.2) is 18.2 Å². The molecule has 0 spiro atoms. The number of carboxylic acid groups (broad SMARTS) is 1. The first-order valence-corrected chi connectivity index (χ1v) is 5.27. The van der Waals surface area contributed by atoms with Crippen LogP contribution in [0.4, 0.5) is 0 Å². The number of aliphatic carboxylic acids is 1. The standard InChI is InChI=1S/C12H14O4/c13-6-8-4-9-2-1-3-11(10(9)5-8)16-7-12(14)15/h1-3,8,13H,4-7H2,(H,14,15). The Kier molecular flexibility index (Phi) is 3.10. The third kappa shape index (κ3) is 2.17. The molecule has 16 heavy (non-hydrogen) atoms. The Labute approximate surface area is 93.5 Å². The van der Waals surface area contributed by atoms with Crippen molar-refractivity contribution in [3.63, 3.8) is 0 Å². The first-order valence-electron chi connectivity index (χ1n) is 5.27. The summed E-state index contributed by atoms with van der Waals surface area (Å²) >= 11 is 0. The van der Waals surface area contributed by atoms with Crippen molar-refractivity contribution in [1.82, 2.24) is 0 Å².